The number of Topliss-reactive ketones (excluding diaryl/α,β-unsaturated/α-hetero) is 1. The van der Waals surface area contributed by atoms with Crippen molar-refractivity contribution >= 4 is 49.4 Å². The fourth-order valence-corrected chi connectivity index (χ4v) is 9.38. The zero-order chi connectivity index (χ0) is 46.1. The van der Waals surface area contributed by atoms with Crippen LogP contribution in [0.25, 0.3) is 0 Å². The maximum absolute atomic E-state index is 13.6. The third kappa shape index (κ3) is 10.6. The summed E-state index contributed by atoms with van der Waals surface area (Å²) in [6.45, 7) is 2.16. The number of aliphatic hydroxyl groups excluding tert-OH is 1. The maximum atomic E-state index is 13.6. The van der Waals surface area contributed by atoms with Crippen LogP contribution in [0.2, 0.25) is 0 Å². The van der Waals surface area contributed by atoms with Gasteiger partial charge in [0, 0.05) is 103 Å². The van der Waals surface area contributed by atoms with Crippen molar-refractivity contribution in [3.05, 3.63) is 129 Å². The van der Waals surface area contributed by atoms with Crippen LogP contribution in [0.3, 0.4) is 0 Å². The molecule has 4 aliphatic heterocycles. The Hall–Kier alpha value is -5.63. The number of benzene rings is 4. The first-order valence-corrected chi connectivity index (χ1v) is 20.9. The van der Waals surface area contributed by atoms with Gasteiger partial charge in [0.1, 0.15) is 23.3 Å². The van der Waals surface area contributed by atoms with Gasteiger partial charge in [-0.15, -0.1) is 0 Å². The van der Waals surface area contributed by atoms with Crippen molar-refractivity contribution < 1.29 is 77.6 Å². The van der Waals surface area contributed by atoms with Gasteiger partial charge in [-0.1, -0.05) is 12.1 Å². The molecule has 2 fully saturated rings. The topological polar surface area (TPSA) is 195 Å². The third-order valence-corrected chi connectivity index (χ3v) is 13.3. The Balaban J connectivity index is 0.000000280. The van der Waals surface area contributed by atoms with E-state index in [0.29, 0.717) is 86.2 Å². The van der Waals surface area contributed by atoms with E-state index in [1.807, 2.05) is 19.0 Å². The van der Waals surface area contributed by atoms with Crippen molar-refractivity contribution in [1.82, 2.24) is 20.4 Å². The van der Waals surface area contributed by atoms with Gasteiger partial charge in [0.15, 0.2) is 5.78 Å². The number of nitrogens with two attached hydrogens (primary N) is 2. The Bertz CT molecular complexity index is 2510. The molecule has 4 aliphatic rings. The minimum Gasteiger partial charge on any atom is -1.00 e. The number of piperidine rings is 2. The van der Waals surface area contributed by atoms with Gasteiger partial charge in [-0.25, -0.2) is 27.2 Å². The molecule has 3 radical (unpaired) electrons. The molecule has 4 aromatic rings. The fraction of sp³-hybridized carbons (Fsp3) is 0.370. The number of ketones is 1. The van der Waals surface area contributed by atoms with E-state index in [9.17, 15) is 46.6 Å². The number of hydrogen-bond acceptors (Lipinski definition) is 8. The molecular weight excluding hydrogens is 870 g/mol. The third-order valence-electron chi connectivity index (χ3n) is 13.3. The van der Waals surface area contributed by atoms with Crippen LogP contribution in [-0.2, 0) is 13.1 Å². The second-order valence-electron chi connectivity index (χ2n) is 16.9. The van der Waals surface area contributed by atoms with Crippen molar-refractivity contribution in [1.29, 1.82) is 0 Å². The van der Waals surface area contributed by atoms with E-state index in [1.54, 1.807) is 21.9 Å². The Morgan fingerprint density at radius 3 is 1.61 bits per heavy atom. The summed E-state index contributed by atoms with van der Waals surface area (Å²) in [5.74, 6) is -4.02. The summed E-state index contributed by atoms with van der Waals surface area (Å²) >= 11 is 0. The van der Waals surface area contributed by atoms with Gasteiger partial charge in [0.05, 0.1) is 22.8 Å². The summed E-state index contributed by atoms with van der Waals surface area (Å²) < 4.78 is 54.4. The van der Waals surface area contributed by atoms with Gasteiger partial charge in [0.25, 0.3) is 11.8 Å². The molecule has 0 bridgehead atoms. The Kier molecular flexibility index (Phi) is 16.3. The van der Waals surface area contributed by atoms with E-state index in [-0.39, 0.29) is 99.2 Å². The van der Waals surface area contributed by atoms with E-state index in [4.69, 9.17) is 11.5 Å². The minimum atomic E-state index is -0.868. The molecule has 0 saturated carbocycles. The molecule has 0 aliphatic carbocycles. The quantitative estimate of drug-likeness (QED) is 0.144. The summed E-state index contributed by atoms with van der Waals surface area (Å²) in [7, 11) is 3.85. The van der Waals surface area contributed by atoms with Crippen molar-refractivity contribution in [2.75, 3.05) is 50.1 Å². The number of anilines is 2. The minimum absolute atomic E-state index is 0. The van der Waals surface area contributed by atoms with Crippen LogP contribution in [0.5, 0.6) is 0 Å². The van der Waals surface area contributed by atoms with Gasteiger partial charge in [-0.05, 0) is 97.5 Å². The standard InChI is InChI=1S/C23H26F2N4O3.C23H24F2N4O3.B.Na.H/c2*1-28-19-5-3-15(24)11-17(19)20(30)12-23(28)6-8-29(9-7-23)22(32)27-13-14-2-4-18(25)16(10-14)21(26)31;;;/h2-5,10-11,20,30H,6-9,12-13H2,1H3,(H2,26,31)(H,27,32);2-5,10-11H,6-9,12-13H2,1H3,(H2,26,31)(H,27,32);;;/q;;;+1;-1/t20-;;;;/m1..../s1. The monoisotopic (exact) mass is 921 g/mol. The summed E-state index contributed by atoms with van der Waals surface area (Å²) in [5, 5.41) is 16.2. The molecule has 0 unspecified atom stereocenters. The average molecular weight is 922 g/mol. The Morgan fingerprint density at radius 1 is 0.682 bits per heavy atom. The number of rotatable bonds is 6. The van der Waals surface area contributed by atoms with Crippen LogP contribution < -0.4 is 61.5 Å². The molecule has 343 valence electrons. The van der Waals surface area contributed by atoms with E-state index in [2.05, 4.69) is 15.5 Å². The first-order chi connectivity index (χ1) is 30.4. The second-order valence-corrected chi connectivity index (χ2v) is 16.9. The number of halogens is 4. The van der Waals surface area contributed by atoms with Crippen molar-refractivity contribution in [2.45, 2.75) is 68.8 Å². The van der Waals surface area contributed by atoms with Crippen LogP contribution in [0.1, 0.15) is 93.8 Å². The largest absolute Gasteiger partial charge is 1.00 e. The number of primary amides is 2. The number of carbonyl (C=O) groups is 5. The molecule has 66 heavy (non-hydrogen) atoms. The second kappa shape index (κ2) is 20.9. The molecule has 1 atom stereocenters. The first kappa shape index (κ1) is 51.4. The van der Waals surface area contributed by atoms with Crippen molar-refractivity contribution in [3.8, 4) is 0 Å². The first-order valence-electron chi connectivity index (χ1n) is 20.9. The number of fused-ring (bicyclic) bond motifs is 2. The number of aliphatic hydroxyl groups is 1. The molecule has 6 amide bonds. The molecule has 14 nitrogen and oxygen atoms in total. The molecular formula is C46H51BF4N8NaO6. The number of likely N-dealkylation sites (tertiary alicyclic amines) is 2. The predicted octanol–water partition coefficient (Wildman–Crippen LogP) is 2.25. The molecule has 0 aromatic heterocycles. The average Bonchev–Trinajstić information content (AvgIpc) is 3.27. The molecule has 2 saturated heterocycles. The summed E-state index contributed by atoms with van der Waals surface area (Å²) in [5.41, 5.74) is 12.8. The van der Waals surface area contributed by atoms with Gasteiger partial charge in [-0.3, -0.25) is 14.4 Å². The summed E-state index contributed by atoms with van der Waals surface area (Å²) in [6.07, 6.45) is 2.52. The zero-order valence-corrected chi connectivity index (χ0v) is 39.0. The van der Waals surface area contributed by atoms with Gasteiger partial charge in [0.2, 0.25) is 0 Å². The molecule has 2 spiro atoms. The van der Waals surface area contributed by atoms with Crippen LogP contribution >= 0.6 is 0 Å². The van der Waals surface area contributed by atoms with Crippen molar-refractivity contribution in [2.24, 2.45) is 11.5 Å². The van der Waals surface area contributed by atoms with Gasteiger partial charge < -0.3 is 48.2 Å². The van der Waals surface area contributed by atoms with E-state index >= 15 is 0 Å². The van der Waals surface area contributed by atoms with Crippen LogP contribution in [0, 0.1) is 23.3 Å². The van der Waals surface area contributed by atoms with Gasteiger partial charge in [-0.2, -0.15) is 0 Å². The van der Waals surface area contributed by atoms with Crippen molar-refractivity contribution in [3.63, 3.8) is 0 Å². The Morgan fingerprint density at radius 2 is 1.12 bits per heavy atom. The zero-order valence-electron chi connectivity index (χ0n) is 38.0. The predicted molar refractivity (Wildman–Crippen MR) is 236 cm³/mol. The Labute approximate surface area is 405 Å². The molecule has 20 heteroatoms. The van der Waals surface area contributed by atoms with Crippen LogP contribution in [-0.4, -0.2) is 104 Å². The SMILES string of the molecule is CN1c2ccc(F)cc2C(=O)CC12CCN(C(=O)NCc1ccc(F)c(C(N)=O)c1)CC2.CN1c2ccc(F)cc2[C@H](O)CC12CCN(C(=O)NCc1ccc(F)c(C(N)=O)c1)CC2.[B].[H-].[Na+]. The van der Waals surface area contributed by atoms with E-state index in [0.717, 1.165) is 17.8 Å². The number of hydrogen-bond donors (Lipinski definition) is 5. The van der Waals surface area contributed by atoms with Gasteiger partial charge >= 0.3 is 41.6 Å². The fourth-order valence-electron chi connectivity index (χ4n) is 9.38. The number of urea groups is 2. The maximum Gasteiger partial charge on any atom is 1.00 e. The summed E-state index contributed by atoms with van der Waals surface area (Å²) in [4.78, 5) is 68.1. The van der Waals surface area contributed by atoms with Crippen LogP contribution in [0.4, 0.5) is 38.5 Å². The van der Waals surface area contributed by atoms with E-state index in [1.165, 1.54) is 48.5 Å². The number of carbonyl (C=O) groups excluding carboxylic acids is 5. The number of nitrogens with one attached hydrogen (secondary N) is 2. The molecule has 4 aromatic carbocycles. The number of nitrogens with zero attached hydrogens (tertiary/aromatic N) is 4. The summed E-state index contributed by atoms with van der Waals surface area (Å²) in [6, 6.07) is 16.1. The normalized spacial score (nSPS) is 17.9. The van der Waals surface area contributed by atoms with Crippen LogP contribution in [0.15, 0.2) is 72.8 Å². The molecule has 8 rings (SSSR count). The smallest absolute Gasteiger partial charge is 1.00 e. The molecule has 7 N–H and O–H groups in total. The van der Waals surface area contributed by atoms with E-state index < -0.39 is 40.9 Å². The molecule has 4 heterocycles. The number of amides is 6.